The third-order valence-corrected chi connectivity index (χ3v) is 6.36. The number of hydrogen-bond donors (Lipinski definition) is 3. The Bertz CT molecular complexity index is 675. The summed E-state index contributed by atoms with van der Waals surface area (Å²) in [5, 5.41) is 14.8. The fourth-order valence-electron chi connectivity index (χ4n) is 5.36. The second-order valence-corrected chi connectivity index (χ2v) is 9.54. The van der Waals surface area contributed by atoms with Crippen molar-refractivity contribution in [3.8, 4) is 0 Å². The number of ether oxygens (including phenoxy) is 1. The SMILES string of the molecule is CNC(=O)[C@H]1[C@H]2C(=O)N(CCCCO)C(C(=O)NC(C)(C)C)C23CC[C@]1(C)O3. The molecule has 28 heavy (non-hydrogen) atoms. The van der Waals surface area contributed by atoms with E-state index in [1.54, 1.807) is 11.9 Å². The molecule has 0 saturated carbocycles. The van der Waals surface area contributed by atoms with Crippen molar-refractivity contribution in [2.24, 2.45) is 11.8 Å². The zero-order chi connectivity index (χ0) is 20.9. The van der Waals surface area contributed by atoms with Crippen LogP contribution in [0.4, 0.5) is 0 Å². The maximum Gasteiger partial charge on any atom is 0.246 e. The van der Waals surface area contributed by atoms with E-state index in [4.69, 9.17) is 9.84 Å². The Balaban J connectivity index is 2.01. The highest BCUT2D eigenvalue weighted by atomic mass is 16.5. The van der Waals surface area contributed by atoms with Crippen LogP contribution in [-0.2, 0) is 19.1 Å². The van der Waals surface area contributed by atoms with E-state index in [2.05, 4.69) is 10.6 Å². The number of nitrogens with zero attached hydrogens (tertiary/aromatic N) is 1. The van der Waals surface area contributed by atoms with Crippen molar-refractivity contribution in [1.29, 1.82) is 0 Å². The molecule has 2 unspecified atom stereocenters. The van der Waals surface area contributed by atoms with Gasteiger partial charge in [0, 0.05) is 25.7 Å². The van der Waals surface area contributed by atoms with Gasteiger partial charge in [-0.1, -0.05) is 0 Å². The average Bonchev–Trinajstić information content (AvgIpc) is 3.14. The molecule has 3 aliphatic rings. The summed E-state index contributed by atoms with van der Waals surface area (Å²) in [6.07, 6.45) is 2.35. The quantitative estimate of drug-likeness (QED) is 0.556. The molecular weight excluding hydrogens is 362 g/mol. The molecule has 3 aliphatic heterocycles. The molecule has 8 heteroatoms. The van der Waals surface area contributed by atoms with Crippen LogP contribution in [0.3, 0.4) is 0 Å². The van der Waals surface area contributed by atoms with Crippen LogP contribution in [-0.4, -0.2) is 70.7 Å². The van der Waals surface area contributed by atoms with Crippen LogP contribution < -0.4 is 10.6 Å². The first-order chi connectivity index (χ1) is 13.0. The molecule has 0 radical (unpaired) electrons. The monoisotopic (exact) mass is 395 g/mol. The lowest BCUT2D eigenvalue weighted by molar-refractivity contribution is -0.146. The number of amides is 3. The number of likely N-dealkylation sites (tertiary alicyclic amines) is 1. The van der Waals surface area contributed by atoms with Crippen LogP contribution in [0.15, 0.2) is 0 Å². The topological polar surface area (TPSA) is 108 Å². The summed E-state index contributed by atoms with van der Waals surface area (Å²) >= 11 is 0. The fourth-order valence-corrected chi connectivity index (χ4v) is 5.36. The van der Waals surface area contributed by atoms with Gasteiger partial charge in [-0.2, -0.15) is 0 Å². The van der Waals surface area contributed by atoms with E-state index < -0.39 is 34.6 Å². The average molecular weight is 396 g/mol. The van der Waals surface area contributed by atoms with Gasteiger partial charge in [0.2, 0.25) is 17.7 Å². The number of aliphatic hydroxyl groups excluding tert-OH is 1. The van der Waals surface area contributed by atoms with Crippen molar-refractivity contribution in [2.75, 3.05) is 20.2 Å². The van der Waals surface area contributed by atoms with Crippen LogP contribution in [0.25, 0.3) is 0 Å². The Morgan fingerprint density at radius 1 is 1.25 bits per heavy atom. The summed E-state index contributed by atoms with van der Waals surface area (Å²) in [6.45, 7) is 7.96. The molecule has 3 fully saturated rings. The van der Waals surface area contributed by atoms with Gasteiger partial charge in [-0.15, -0.1) is 0 Å². The smallest absolute Gasteiger partial charge is 0.246 e. The molecule has 8 nitrogen and oxygen atoms in total. The first-order valence-electron chi connectivity index (χ1n) is 10.2. The number of nitrogens with one attached hydrogen (secondary N) is 2. The van der Waals surface area contributed by atoms with E-state index in [0.717, 1.165) is 0 Å². The molecule has 1 spiro atoms. The molecule has 2 bridgehead atoms. The summed E-state index contributed by atoms with van der Waals surface area (Å²) in [7, 11) is 1.56. The van der Waals surface area contributed by atoms with Crippen molar-refractivity contribution in [2.45, 2.75) is 76.2 Å². The number of aliphatic hydroxyl groups is 1. The molecule has 0 aromatic heterocycles. The molecule has 0 aliphatic carbocycles. The molecule has 0 aromatic rings. The molecule has 3 heterocycles. The van der Waals surface area contributed by atoms with Gasteiger partial charge in [-0.05, 0) is 53.4 Å². The summed E-state index contributed by atoms with van der Waals surface area (Å²) in [4.78, 5) is 41.0. The Morgan fingerprint density at radius 3 is 2.50 bits per heavy atom. The molecule has 0 aromatic carbocycles. The first-order valence-corrected chi connectivity index (χ1v) is 10.2. The first kappa shape index (κ1) is 21.0. The number of hydrogen-bond acceptors (Lipinski definition) is 5. The zero-order valence-electron chi connectivity index (χ0n) is 17.5. The van der Waals surface area contributed by atoms with E-state index in [0.29, 0.717) is 32.2 Å². The number of fused-ring (bicyclic) bond motifs is 1. The highest BCUT2D eigenvalue weighted by Crippen LogP contribution is 2.63. The second-order valence-electron chi connectivity index (χ2n) is 9.54. The van der Waals surface area contributed by atoms with Crippen molar-refractivity contribution >= 4 is 17.7 Å². The van der Waals surface area contributed by atoms with Gasteiger partial charge in [-0.3, -0.25) is 14.4 Å². The van der Waals surface area contributed by atoms with E-state index >= 15 is 0 Å². The molecule has 3 N–H and O–H groups in total. The van der Waals surface area contributed by atoms with Gasteiger partial charge in [-0.25, -0.2) is 0 Å². The van der Waals surface area contributed by atoms with Crippen molar-refractivity contribution < 1.29 is 24.2 Å². The number of unbranched alkanes of at least 4 members (excludes halogenated alkanes) is 1. The van der Waals surface area contributed by atoms with Crippen LogP contribution in [0, 0.1) is 11.8 Å². The molecular formula is C20H33N3O5. The minimum atomic E-state index is -0.975. The lowest BCUT2D eigenvalue weighted by Gasteiger charge is -2.35. The molecule has 3 saturated heterocycles. The highest BCUT2D eigenvalue weighted by molar-refractivity contribution is 5.99. The van der Waals surface area contributed by atoms with E-state index in [-0.39, 0.29) is 24.3 Å². The third-order valence-electron chi connectivity index (χ3n) is 6.36. The van der Waals surface area contributed by atoms with Gasteiger partial charge in [0.15, 0.2) is 0 Å². The van der Waals surface area contributed by atoms with Crippen LogP contribution in [0.5, 0.6) is 0 Å². The highest BCUT2D eigenvalue weighted by Gasteiger charge is 2.77. The standard InChI is InChI=1S/C20H33N3O5/c1-18(2,3)22-16(26)14-20-9-8-19(4,28-20)12(15(25)21-5)13(20)17(27)23(14)10-6-7-11-24/h12-14,24H,6-11H2,1-5H3,(H,21,25)(H,22,26)/t12-,13+,14?,19+,20?/m1/s1. The zero-order valence-corrected chi connectivity index (χ0v) is 17.5. The molecule has 3 rings (SSSR count). The van der Waals surface area contributed by atoms with E-state index in [1.165, 1.54) is 0 Å². The van der Waals surface area contributed by atoms with Crippen molar-refractivity contribution in [1.82, 2.24) is 15.5 Å². The van der Waals surface area contributed by atoms with Gasteiger partial charge >= 0.3 is 0 Å². The van der Waals surface area contributed by atoms with Crippen molar-refractivity contribution in [3.05, 3.63) is 0 Å². The normalized spacial score (nSPS) is 36.6. The predicted molar refractivity (Wildman–Crippen MR) is 102 cm³/mol. The maximum atomic E-state index is 13.4. The van der Waals surface area contributed by atoms with Gasteiger partial charge in [0.1, 0.15) is 11.6 Å². The Morgan fingerprint density at radius 2 is 1.93 bits per heavy atom. The maximum absolute atomic E-state index is 13.4. The predicted octanol–water partition coefficient (Wildman–Crippen LogP) is 0.184. The Kier molecular flexibility index (Phi) is 5.25. The second kappa shape index (κ2) is 6.99. The summed E-state index contributed by atoms with van der Waals surface area (Å²) < 4.78 is 6.43. The third kappa shape index (κ3) is 3.10. The minimum Gasteiger partial charge on any atom is -0.396 e. The minimum absolute atomic E-state index is 0.0326. The van der Waals surface area contributed by atoms with Crippen molar-refractivity contribution in [3.63, 3.8) is 0 Å². The largest absolute Gasteiger partial charge is 0.396 e. The van der Waals surface area contributed by atoms with Crippen LogP contribution >= 0.6 is 0 Å². The fraction of sp³-hybridized carbons (Fsp3) is 0.850. The number of carbonyl (C=O) groups excluding carboxylic acids is 3. The number of rotatable bonds is 6. The van der Waals surface area contributed by atoms with Gasteiger partial charge in [0.05, 0.1) is 17.4 Å². The van der Waals surface area contributed by atoms with Crippen LogP contribution in [0.2, 0.25) is 0 Å². The molecule has 158 valence electrons. The lowest BCUT2D eigenvalue weighted by atomic mass is 9.66. The summed E-state index contributed by atoms with van der Waals surface area (Å²) in [5.74, 6) is -1.91. The summed E-state index contributed by atoms with van der Waals surface area (Å²) in [5.41, 5.74) is -2.16. The van der Waals surface area contributed by atoms with Gasteiger partial charge in [0.25, 0.3) is 0 Å². The van der Waals surface area contributed by atoms with Crippen LogP contribution in [0.1, 0.15) is 53.4 Å². The van der Waals surface area contributed by atoms with Gasteiger partial charge < -0.3 is 25.4 Å². The number of carbonyl (C=O) groups is 3. The molecule has 5 atom stereocenters. The van der Waals surface area contributed by atoms with E-state index in [9.17, 15) is 14.4 Å². The summed E-state index contributed by atoms with van der Waals surface area (Å²) in [6, 6.07) is -0.764. The van der Waals surface area contributed by atoms with E-state index in [1.807, 2.05) is 27.7 Å². The Hall–Kier alpha value is -1.67. The lowest BCUT2D eigenvalue weighted by Crippen LogP contribution is -2.58. The molecule has 3 amide bonds. The Labute approximate surface area is 166 Å².